The van der Waals surface area contributed by atoms with E-state index in [1.807, 2.05) is 13.8 Å². The highest BCUT2D eigenvalue weighted by molar-refractivity contribution is 5.10. The lowest BCUT2D eigenvalue weighted by Crippen LogP contribution is -2.25. The van der Waals surface area contributed by atoms with Crippen molar-refractivity contribution in [2.24, 2.45) is 0 Å². The zero-order valence-corrected chi connectivity index (χ0v) is 11.6. The van der Waals surface area contributed by atoms with Crippen molar-refractivity contribution in [3.63, 3.8) is 0 Å². The summed E-state index contributed by atoms with van der Waals surface area (Å²) in [7, 11) is 0. The van der Waals surface area contributed by atoms with E-state index in [2.05, 4.69) is 29.1 Å². The van der Waals surface area contributed by atoms with Crippen LogP contribution >= 0.6 is 0 Å². The van der Waals surface area contributed by atoms with E-state index in [1.54, 1.807) is 0 Å². The molecule has 1 heterocycles. The number of ether oxygens (including phenoxy) is 1. The molecule has 102 valence electrons. The molecule has 1 aromatic rings. The minimum absolute atomic E-state index is 0.163. The molecule has 0 bridgehead atoms. The van der Waals surface area contributed by atoms with Gasteiger partial charge in [-0.3, -0.25) is 4.79 Å². The van der Waals surface area contributed by atoms with E-state index in [1.165, 1.54) is 6.07 Å². The third kappa shape index (κ3) is 5.31. The van der Waals surface area contributed by atoms with E-state index in [-0.39, 0.29) is 11.5 Å². The maximum atomic E-state index is 11.4. The van der Waals surface area contributed by atoms with E-state index >= 15 is 0 Å². The van der Waals surface area contributed by atoms with Crippen LogP contribution in [0.15, 0.2) is 10.9 Å². The standard InChI is InChI=1S/C13H23N3O2/c1-9(2)13-15-11(17)8-12(16-13)18-7-5-6-14-10(3)4/h8-10,14H,5-7H2,1-4H3,(H,15,16,17). The van der Waals surface area contributed by atoms with Crippen molar-refractivity contribution in [1.29, 1.82) is 0 Å². The summed E-state index contributed by atoms with van der Waals surface area (Å²) in [4.78, 5) is 18.4. The summed E-state index contributed by atoms with van der Waals surface area (Å²) in [6.45, 7) is 9.64. The van der Waals surface area contributed by atoms with Crippen LogP contribution < -0.4 is 15.6 Å². The molecular weight excluding hydrogens is 230 g/mol. The lowest BCUT2D eigenvalue weighted by Gasteiger charge is -2.10. The van der Waals surface area contributed by atoms with E-state index in [4.69, 9.17) is 4.74 Å². The lowest BCUT2D eigenvalue weighted by molar-refractivity contribution is 0.292. The van der Waals surface area contributed by atoms with Gasteiger partial charge in [-0.25, -0.2) is 0 Å². The molecule has 0 aliphatic heterocycles. The summed E-state index contributed by atoms with van der Waals surface area (Å²) in [6, 6.07) is 1.87. The number of nitrogens with zero attached hydrogens (tertiary/aromatic N) is 1. The molecule has 5 heteroatoms. The quantitative estimate of drug-likeness (QED) is 0.725. The number of aromatic nitrogens is 2. The smallest absolute Gasteiger partial charge is 0.254 e. The molecule has 5 nitrogen and oxygen atoms in total. The second-order valence-electron chi connectivity index (χ2n) is 4.93. The van der Waals surface area contributed by atoms with Crippen LogP contribution in [0.5, 0.6) is 5.88 Å². The van der Waals surface area contributed by atoms with Gasteiger partial charge in [-0.1, -0.05) is 27.7 Å². The Hall–Kier alpha value is -1.36. The highest BCUT2D eigenvalue weighted by Gasteiger charge is 2.05. The van der Waals surface area contributed by atoms with Gasteiger partial charge in [0, 0.05) is 12.0 Å². The van der Waals surface area contributed by atoms with Crippen molar-refractivity contribution in [1.82, 2.24) is 15.3 Å². The molecule has 0 atom stereocenters. The Balaban J connectivity index is 2.45. The first-order valence-electron chi connectivity index (χ1n) is 6.46. The first kappa shape index (κ1) is 14.7. The Morgan fingerprint density at radius 2 is 2.11 bits per heavy atom. The first-order valence-corrected chi connectivity index (χ1v) is 6.46. The molecule has 0 amide bonds. The third-order valence-corrected chi connectivity index (χ3v) is 2.41. The molecule has 0 aromatic carbocycles. The Morgan fingerprint density at radius 1 is 1.39 bits per heavy atom. The van der Waals surface area contributed by atoms with Gasteiger partial charge in [-0.05, 0) is 13.0 Å². The molecule has 18 heavy (non-hydrogen) atoms. The molecule has 0 fully saturated rings. The fraction of sp³-hybridized carbons (Fsp3) is 0.692. The summed E-state index contributed by atoms with van der Waals surface area (Å²) < 4.78 is 5.49. The molecule has 0 saturated heterocycles. The van der Waals surface area contributed by atoms with E-state index in [0.717, 1.165) is 13.0 Å². The number of hydrogen-bond donors (Lipinski definition) is 2. The van der Waals surface area contributed by atoms with Crippen molar-refractivity contribution in [3.05, 3.63) is 22.2 Å². The molecule has 2 N–H and O–H groups in total. The molecule has 0 aliphatic rings. The number of H-pyrrole nitrogens is 1. The molecule has 0 unspecified atom stereocenters. The van der Waals surface area contributed by atoms with Crippen LogP contribution in [0.2, 0.25) is 0 Å². The summed E-state index contributed by atoms with van der Waals surface area (Å²) in [5.74, 6) is 1.26. The predicted octanol–water partition coefficient (Wildman–Crippen LogP) is 1.66. The average Bonchev–Trinajstić information content (AvgIpc) is 2.27. The van der Waals surface area contributed by atoms with Crippen LogP contribution in [-0.2, 0) is 0 Å². The van der Waals surface area contributed by atoms with Gasteiger partial charge in [0.15, 0.2) is 0 Å². The van der Waals surface area contributed by atoms with Gasteiger partial charge < -0.3 is 15.0 Å². The van der Waals surface area contributed by atoms with Crippen molar-refractivity contribution >= 4 is 0 Å². The maximum absolute atomic E-state index is 11.4. The minimum Gasteiger partial charge on any atom is -0.477 e. The fourth-order valence-electron chi connectivity index (χ4n) is 1.44. The van der Waals surface area contributed by atoms with Crippen LogP contribution in [0.3, 0.4) is 0 Å². The summed E-state index contributed by atoms with van der Waals surface area (Å²) in [5, 5.41) is 3.30. The third-order valence-electron chi connectivity index (χ3n) is 2.41. The molecule has 1 rings (SSSR count). The van der Waals surface area contributed by atoms with Gasteiger partial charge in [0.05, 0.1) is 12.7 Å². The van der Waals surface area contributed by atoms with Gasteiger partial charge in [0.2, 0.25) is 5.88 Å². The molecule has 0 aliphatic carbocycles. The predicted molar refractivity (Wildman–Crippen MR) is 72.2 cm³/mol. The van der Waals surface area contributed by atoms with Crippen LogP contribution in [0, 0.1) is 0 Å². The van der Waals surface area contributed by atoms with Crippen molar-refractivity contribution in [2.45, 2.75) is 46.1 Å². The lowest BCUT2D eigenvalue weighted by atomic mass is 10.2. The zero-order valence-electron chi connectivity index (χ0n) is 11.6. The van der Waals surface area contributed by atoms with Gasteiger partial charge in [-0.2, -0.15) is 4.98 Å². The highest BCUT2D eigenvalue weighted by Crippen LogP contribution is 2.10. The normalized spacial score (nSPS) is 11.2. The molecule has 0 radical (unpaired) electrons. The van der Waals surface area contributed by atoms with Crippen molar-refractivity contribution < 1.29 is 4.74 Å². The highest BCUT2D eigenvalue weighted by atomic mass is 16.5. The summed E-state index contributed by atoms with van der Waals surface area (Å²) in [5.41, 5.74) is -0.163. The molecule has 0 spiro atoms. The Labute approximate surface area is 108 Å². The average molecular weight is 253 g/mol. The summed E-state index contributed by atoms with van der Waals surface area (Å²) in [6.07, 6.45) is 0.893. The van der Waals surface area contributed by atoms with Crippen LogP contribution in [0.25, 0.3) is 0 Å². The molecular formula is C13H23N3O2. The van der Waals surface area contributed by atoms with Crippen LogP contribution in [-0.4, -0.2) is 29.2 Å². The van der Waals surface area contributed by atoms with Gasteiger partial charge in [0.1, 0.15) is 5.82 Å². The molecule has 1 aromatic heterocycles. The topological polar surface area (TPSA) is 67.0 Å². The van der Waals surface area contributed by atoms with E-state index < -0.39 is 0 Å². The van der Waals surface area contributed by atoms with Crippen LogP contribution in [0.1, 0.15) is 45.9 Å². The Kier molecular flexibility index (Phi) is 5.85. The molecule has 0 saturated carbocycles. The Bertz CT molecular complexity index is 413. The Morgan fingerprint density at radius 3 is 2.72 bits per heavy atom. The van der Waals surface area contributed by atoms with Gasteiger partial charge in [0.25, 0.3) is 5.56 Å². The zero-order chi connectivity index (χ0) is 13.5. The number of hydrogen-bond acceptors (Lipinski definition) is 4. The summed E-state index contributed by atoms with van der Waals surface area (Å²) >= 11 is 0. The first-order chi connectivity index (χ1) is 8.49. The minimum atomic E-state index is -0.163. The maximum Gasteiger partial charge on any atom is 0.254 e. The van der Waals surface area contributed by atoms with E-state index in [0.29, 0.717) is 24.4 Å². The van der Waals surface area contributed by atoms with Gasteiger partial charge >= 0.3 is 0 Å². The number of nitrogens with one attached hydrogen (secondary N) is 2. The van der Waals surface area contributed by atoms with Crippen molar-refractivity contribution in [3.8, 4) is 5.88 Å². The SMILES string of the molecule is CC(C)NCCCOc1cc(=O)[nH]c(C(C)C)n1. The van der Waals surface area contributed by atoms with Gasteiger partial charge in [-0.15, -0.1) is 0 Å². The monoisotopic (exact) mass is 253 g/mol. The largest absolute Gasteiger partial charge is 0.477 e. The van der Waals surface area contributed by atoms with Crippen molar-refractivity contribution in [2.75, 3.05) is 13.2 Å². The second-order valence-corrected chi connectivity index (χ2v) is 4.93. The number of rotatable bonds is 7. The van der Waals surface area contributed by atoms with Crippen LogP contribution in [0.4, 0.5) is 0 Å². The second kappa shape index (κ2) is 7.16. The number of aromatic amines is 1. The fourth-order valence-corrected chi connectivity index (χ4v) is 1.44. The van der Waals surface area contributed by atoms with E-state index in [9.17, 15) is 4.79 Å².